The molecule has 136 valence electrons. The molecule has 0 atom stereocenters. The number of rotatable bonds is 10. The van der Waals surface area contributed by atoms with Gasteiger partial charge in [-0.2, -0.15) is 0 Å². The van der Waals surface area contributed by atoms with Gasteiger partial charge >= 0.3 is 0 Å². The summed E-state index contributed by atoms with van der Waals surface area (Å²) in [4.78, 5) is 16.4. The van der Waals surface area contributed by atoms with Gasteiger partial charge in [-0.3, -0.25) is 4.79 Å². The quantitative estimate of drug-likeness (QED) is 0.695. The number of hydrogen-bond donors (Lipinski definition) is 1. The van der Waals surface area contributed by atoms with E-state index in [2.05, 4.69) is 4.72 Å². The average molecular weight is 356 g/mol. The molecule has 1 amide bonds. The van der Waals surface area contributed by atoms with Crippen molar-refractivity contribution in [3.8, 4) is 0 Å². The van der Waals surface area contributed by atoms with Gasteiger partial charge in [0.1, 0.15) is 0 Å². The Morgan fingerprint density at radius 3 is 2.00 bits per heavy atom. The highest BCUT2D eigenvalue weighted by Crippen LogP contribution is 2.13. The van der Waals surface area contributed by atoms with Crippen LogP contribution in [0, 0.1) is 0 Å². The van der Waals surface area contributed by atoms with Crippen LogP contribution < -0.4 is 4.72 Å². The molecule has 0 aliphatic heterocycles. The van der Waals surface area contributed by atoms with E-state index in [1.165, 1.54) is 12.1 Å². The molecule has 24 heavy (non-hydrogen) atoms. The minimum atomic E-state index is -3.54. The predicted molar refractivity (Wildman–Crippen MR) is 96.7 cm³/mol. The number of hydrogen-bond acceptors (Lipinski definition) is 4. The van der Waals surface area contributed by atoms with E-state index in [4.69, 9.17) is 0 Å². The third-order valence-corrected chi connectivity index (χ3v) is 5.01. The van der Waals surface area contributed by atoms with Gasteiger partial charge in [-0.1, -0.05) is 13.8 Å². The second-order valence-corrected chi connectivity index (χ2v) is 7.78. The van der Waals surface area contributed by atoms with Crippen LogP contribution in [-0.2, 0) is 10.0 Å². The van der Waals surface area contributed by atoms with Crippen molar-refractivity contribution < 1.29 is 13.2 Å². The van der Waals surface area contributed by atoms with Crippen LogP contribution in [0.4, 0.5) is 0 Å². The van der Waals surface area contributed by atoms with Crippen molar-refractivity contribution in [1.82, 2.24) is 14.5 Å². The molecule has 1 rings (SSSR count). The number of nitrogens with zero attached hydrogens (tertiary/aromatic N) is 2. The molecular formula is C17H29N3O3S. The Bertz CT molecular complexity index is 606. The Morgan fingerprint density at radius 2 is 1.54 bits per heavy atom. The van der Waals surface area contributed by atoms with Crippen LogP contribution in [-0.4, -0.2) is 64.4 Å². The minimum Gasteiger partial charge on any atom is -0.339 e. The van der Waals surface area contributed by atoms with Crippen molar-refractivity contribution in [1.29, 1.82) is 0 Å². The molecule has 0 unspecified atom stereocenters. The first-order valence-electron chi connectivity index (χ1n) is 8.35. The topological polar surface area (TPSA) is 69.7 Å². The summed E-state index contributed by atoms with van der Waals surface area (Å²) < 4.78 is 27.0. The first-order valence-corrected chi connectivity index (χ1v) is 9.83. The van der Waals surface area contributed by atoms with Crippen molar-refractivity contribution in [2.24, 2.45) is 0 Å². The summed E-state index contributed by atoms with van der Waals surface area (Å²) in [6.07, 6.45) is 1.79. The van der Waals surface area contributed by atoms with Crippen LogP contribution in [0.15, 0.2) is 29.2 Å². The van der Waals surface area contributed by atoms with Crippen LogP contribution in [0.2, 0.25) is 0 Å². The number of amides is 1. The Balaban J connectivity index is 2.82. The molecule has 0 bridgehead atoms. The average Bonchev–Trinajstić information content (AvgIpc) is 2.53. The molecule has 1 N–H and O–H groups in total. The van der Waals surface area contributed by atoms with Crippen LogP contribution in [0.3, 0.4) is 0 Å². The highest BCUT2D eigenvalue weighted by Gasteiger charge is 2.17. The maximum Gasteiger partial charge on any atom is 0.253 e. The summed E-state index contributed by atoms with van der Waals surface area (Å²) in [6.45, 7) is 6.45. The fraction of sp³-hybridized carbons (Fsp3) is 0.588. The first kappa shape index (κ1) is 20.6. The Kier molecular flexibility index (Phi) is 8.38. The van der Waals surface area contributed by atoms with E-state index >= 15 is 0 Å². The number of carbonyl (C=O) groups is 1. The first-order chi connectivity index (χ1) is 11.3. The lowest BCUT2D eigenvalue weighted by molar-refractivity contribution is 0.0755. The molecule has 0 aliphatic rings. The van der Waals surface area contributed by atoms with E-state index in [-0.39, 0.29) is 10.8 Å². The zero-order valence-corrected chi connectivity index (χ0v) is 15.9. The van der Waals surface area contributed by atoms with Gasteiger partial charge in [-0.15, -0.1) is 0 Å². The van der Waals surface area contributed by atoms with Crippen molar-refractivity contribution in [2.45, 2.75) is 31.6 Å². The summed E-state index contributed by atoms with van der Waals surface area (Å²) in [5.41, 5.74) is 0.518. The SMILES string of the molecule is CCCN(CCC)C(=O)c1ccc(S(=O)(=O)NCCN(C)C)cc1. The smallest absolute Gasteiger partial charge is 0.253 e. The standard InChI is InChI=1S/C17H29N3O3S/c1-5-12-20(13-6-2)17(21)15-7-9-16(10-8-15)24(22,23)18-11-14-19(3)4/h7-10,18H,5-6,11-14H2,1-4H3. The second kappa shape index (κ2) is 9.76. The molecule has 0 aromatic heterocycles. The van der Waals surface area contributed by atoms with E-state index in [1.807, 2.05) is 32.8 Å². The van der Waals surface area contributed by atoms with Crippen molar-refractivity contribution in [2.75, 3.05) is 40.3 Å². The van der Waals surface area contributed by atoms with E-state index in [0.717, 1.165) is 12.8 Å². The van der Waals surface area contributed by atoms with Crippen molar-refractivity contribution >= 4 is 15.9 Å². The molecule has 0 saturated heterocycles. The molecule has 0 aliphatic carbocycles. The monoisotopic (exact) mass is 355 g/mol. The van der Waals surface area contributed by atoms with Gasteiger partial charge in [-0.25, -0.2) is 13.1 Å². The van der Waals surface area contributed by atoms with Gasteiger partial charge in [0.05, 0.1) is 4.90 Å². The molecule has 0 heterocycles. The van der Waals surface area contributed by atoms with Crippen molar-refractivity contribution in [3.63, 3.8) is 0 Å². The Morgan fingerprint density at radius 1 is 1.00 bits per heavy atom. The van der Waals surface area contributed by atoms with E-state index in [1.54, 1.807) is 17.0 Å². The molecule has 7 heteroatoms. The molecule has 1 aromatic rings. The number of nitrogens with one attached hydrogen (secondary N) is 1. The van der Waals surface area contributed by atoms with Crippen LogP contribution in [0.1, 0.15) is 37.0 Å². The van der Waals surface area contributed by atoms with Crippen molar-refractivity contribution in [3.05, 3.63) is 29.8 Å². The molecule has 6 nitrogen and oxygen atoms in total. The van der Waals surface area contributed by atoms with Gasteiger partial charge in [0.15, 0.2) is 0 Å². The molecule has 0 spiro atoms. The summed E-state index contributed by atoms with van der Waals surface area (Å²) in [5.74, 6) is -0.0526. The van der Waals surface area contributed by atoms with E-state index < -0.39 is 10.0 Å². The number of sulfonamides is 1. The van der Waals surface area contributed by atoms with Gasteiger partial charge < -0.3 is 9.80 Å². The lowest BCUT2D eigenvalue weighted by Crippen LogP contribution is -2.33. The lowest BCUT2D eigenvalue weighted by atomic mass is 10.2. The molecular weight excluding hydrogens is 326 g/mol. The lowest BCUT2D eigenvalue weighted by Gasteiger charge is -2.21. The fourth-order valence-corrected chi connectivity index (χ4v) is 3.32. The molecule has 1 aromatic carbocycles. The minimum absolute atomic E-state index is 0.0526. The Labute approximate surface area is 145 Å². The zero-order chi connectivity index (χ0) is 18.2. The van der Waals surface area contributed by atoms with E-state index in [9.17, 15) is 13.2 Å². The van der Waals surface area contributed by atoms with Crippen LogP contribution in [0.5, 0.6) is 0 Å². The summed E-state index contributed by atoms with van der Waals surface area (Å²) >= 11 is 0. The maximum absolute atomic E-state index is 12.5. The summed E-state index contributed by atoms with van der Waals surface area (Å²) in [7, 11) is 0.223. The Hall–Kier alpha value is -1.44. The molecule has 0 saturated carbocycles. The van der Waals surface area contributed by atoms with Gasteiger partial charge in [0.25, 0.3) is 5.91 Å². The highest BCUT2D eigenvalue weighted by molar-refractivity contribution is 7.89. The van der Waals surface area contributed by atoms with E-state index in [0.29, 0.717) is 31.7 Å². The normalized spacial score (nSPS) is 11.7. The summed E-state index contributed by atoms with van der Waals surface area (Å²) in [5, 5.41) is 0. The van der Waals surface area contributed by atoms with Crippen LogP contribution in [0.25, 0.3) is 0 Å². The largest absolute Gasteiger partial charge is 0.339 e. The second-order valence-electron chi connectivity index (χ2n) is 6.02. The van der Waals surface area contributed by atoms with Gasteiger partial charge in [0, 0.05) is 31.7 Å². The number of carbonyl (C=O) groups excluding carboxylic acids is 1. The van der Waals surface area contributed by atoms with Gasteiger partial charge in [-0.05, 0) is 51.2 Å². The highest BCUT2D eigenvalue weighted by atomic mass is 32.2. The third-order valence-electron chi connectivity index (χ3n) is 3.54. The number of likely N-dealkylation sites (N-methyl/N-ethyl adjacent to an activating group) is 1. The fourth-order valence-electron chi connectivity index (χ4n) is 2.30. The molecule has 0 fully saturated rings. The number of benzene rings is 1. The van der Waals surface area contributed by atoms with Gasteiger partial charge in [0.2, 0.25) is 10.0 Å². The molecule has 0 radical (unpaired) electrons. The third kappa shape index (κ3) is 6.22. The zero-order valence-electron chi connectivity index (χ0n) is 15.1. The maximum atomic E-state index is 12.5. The summed E-state index contributed by atoms with van der Waals surface area (Å²) in [6, 6.07) is 6.14. The van der Waals surface area contributed by atoms with Crippen LogP contribution >= 0.6 is 0 Å². The predicted octanol–water partition coefficient (Wildman–Crippen LogP) is 1.79.